The average molecular weight is 381 g/mol. The van der Waals surface area contributed by atoms with Crippen molar-refractivity contribution in [1.82, 2.24) is 15.2 Å². The molecule has 1 aromatic heterocycles. The molecule has 8 heteroatoms. The van der Waals surface area contributed by atoms with Gasteiger partial charge >= 0.3 is 6.18 Å². The smallest absolute Gasteiger partial charge is 0.416 e. The van der Waals surface area contributed by atoms with Gasteiger partial charge in [-0.05, 0) is 44.4 Å². The van der Waals surface area contributed by atoms with E-state index in [-0.39, 0.29) is 17.6 Å². The molecule has 2 aromatic rings. The minimum Gasteiger partial charge on any atom is -0.447 e. The van der Waals surface area contributed by atoms with Crippen LogP contribution in [0, 0.1) is 0 Å². The number of alkyl halides is 3. The van der Waals surface area contributed by atoms with Crippen LogP contribution >= 0.6 is 0 Å². The first-order valence-corrected chi connectivity index (χ1v) is 8.88. The van der Waals surface area contributed by atoms with Gasteiger partial charge in [0, 0.05) is 18.6 Å². The lowest BCUT2D eigenvalue weighted by molar-refractivity contribution is -0.137. The number of nitrogens with zero attached hydrogens (tertiary/aromatic N) is 2. The summed E-state index contributed by atoms with van der Waals surface area (Å²) in [5.41, 5.74) is 0.362. The third-order valence-electron chi connectivity index (χ3n) is 4.27. The van der Waals surface area contributed by atoms with Crippen LogP contribution in [0.25, 0.3) is 0 Å². The molecule has 0 aliphatic heterocycles. The van der Waals surface area contributed by atoms with Gasteiger partial charge in [0.2, 0.25) is 5.89 Å². The molecule has 1 N–H and O–H groups in total. The maximum absolute atomic E-state index is 12.7. The fourth-order valence-electron chi connectivity index (χ4n) is 2.79. The maximum atomic E-state index is 12.7. The second-order valence-corrected chi connectivity index (χ2v) is 7.09. The summed E-state index contributed by atoms with van der Waals surface area (Å²) in [7, 11) is 0. The molecule has 0 unspecified atom stereocenters. The molecule has 0 spiro atoms. The number of oxazole rings is 1. The average Bonchev–Trinajstić information content (AvgIpc) is 3.32. The zero-order valence-corrected chi connectivity index (χ0v) is 15.2. The molecule has 1 saturated carbocycles. The maximum Gasteiger partial charge on any atom is 0.416 e. The first-order chi connectivity index (χ1) is 12.7. The van der Waals surface area contributed by atoms with Gasteiger partial charge in [0.25, 0.3) is 5.91 Å². The van der Waals surface area contributed by atoms with E-state index in [1.54, 1.807) is 0 Å². The third-order valence-corrected chi connectivity index (χ3v) is 4.27. The summed E-state index contributed by atoms with van der Waals surface area (Å²) >= 11 is 0. The zero-order valence-electron chi connectivity index (χ0n) is 15.2. The van der Waals surface area contributed by atoms with Crippen LogP contribution in [-0.4, -0.2) is 27.9 Å². The van der Waals surface area contributed by atoms with E-state index in [2.05, 4.69) is 15.2 Å². The second-order valence-electron chi connectivity index (χ2n) is 7.09. The molecule has 0 radical (unpaired) electrons. The number of aromatic nitrogens is 1. The number of hydrogen-bond donors (Lipinski definition) is 1. The number of benzene rings is 1. The summed E-state index contributed by atoms with van der Waals surface area (Å²) in [4.78, 5) is 18.3. The Morgan fingerprint density at radius 1 is 1.26 bits per heavy atom. The van der Waals surface area contributed by atoms with Gasteiger partial charge in [-0.2, -0.15) is 13.2 Å². The van der Waals surface area contributed by atoms with Crippen molar-refractivity contribution in [2.24, 2.45) is 0 Å². The number of halogens is 3. The summed E-state index contributed by atoms with van der Waals surface area (Å²) < 4.78 is 43.5. The van der Waals surface area contributed by atoms with E-state index in [0.29, 0.717) is 25.0 Å². The summed E-state index contributed by atoms with van der Waals surface area (Å²) in [5, 5.41) is 2.75. The van der Waals surface area contributed by atoms with Crippen molar-refractivity contribution in [3.63, 3.8) is 0 Å². The Balaban J connectivity index is 1.65. The molecule has 27 heavy (non-hydrogen) atoms. The van der Waals surface area contributed by atoms with Crippen molar-refractivity contribution in [3.8, 4) is 0 Å². The van der Waals surface area contributed by atoms with Gasteiger partial charge in [-0.25, -0.2) is 4.98 Å². The first kappa shape index (κ1) is 19.4. The predicted octanol–water partition coefficient (Wildman–Crippen LogP) is 4.00. The van der Waals surface area contributed by atoms with Crippen molar-refractivity contribution >= 4 is 5.91 Å². The van der Waals surface area contributed by atoms with E-state index in [1.165, 1.54) is 18.4 Å². The van der Waals surface area contributed by atoms with Crippen molar-refractivity contribution in [2.45, 2.75) is 58.0 Å². The van der Waals surface area contributed by atoms with Crippen molar-refractivity contribution < 1.29 is 22.4 Å². The third kappa shape index (κ3) is 5.32. The standard InChI is InChI=1S/C19H22F3N3O2/c1-12(2)23-18(26)16-11-27-17(24-16)10-25(15-7-8-15)9-13-3-5-14(6-4-13)19(20,21)22/h3-6,11-12,15H,7-10H2,1-2H3,(H,23,26). The van der Waals surface area contributed by atoms with E-state index in [4.69, 9.17) is 4.42 Å². The molecular weight excluding hydrogens is 359 g/mol. The zero-order chi connectivity index (χ0) is 19.6. The summed E-state index contributed by atoms with van der Waals surface area (Å²) in [6.07, 6.45) is -0.944. The van der Waals surface area contributed by atoms with Gasteiger partial charge in [0.15, 0.2) is 5.69 Å². The highest BCUT2D eigenvalue weighted by atomic mass is 19.4. The largest absolute Gasteiger partial charge is 0.447 e. The van der Waals surface area contributed by atoms with Crippen LogP contribution in [0.5, 0.6) is 0 Å². The number of rotatable bonds is 7. The highest BCUT2D eigenvalue weighted by Gasteiger charge is 2.32. The number of amides is 1. The van der Waals surface area contributed by atoms with Gasteiger partial charge in [-0.1, -0.05) is 12.1 Å². The minimum absolute atomic E-state index is 0.000262. The van der Waals surface area contributed by atoms with E-state index in [1.807, 2.05) is 13.8 Å². The van der Waals surface area contributed by atoms with E-state index < -0.39 is 11.7 Å². The molecule has 1 aromatic carbocycles. The minimum atomic E-state index is -4.33. The fourth-order valence-corrected chi connectivity index (χ4v) is 2.79. The Bertz CT molecular complexity index is 780. The van der Waals surface area contributed by atoms with Crippen LogP contribution in [-0.2, 0) is 19.3 Å². The van der Waals surface area contributed by atoms with Crippen LogP contribution in [0.2, 0.25) is 0 Å². The molecular formula is C19H22F3N3O2. The summed E-state index contributed by atoms with van der Waals surface area (Å²) in [5.74, 6) is 0.128. The molecule has 0 saturated heterocycles. The number of nitrogens with one attached hydrogen (secondary N) is 1. The first-order valence-electron chi connectivity index (χ1n) is 8.88. The Hall–Kier alpha value is -2.35. The Morgan fingerprint density at radius 3 is 2.48 bits per heavy atom. The lowest BCUT2D eigenvalue weighted by Gasteiger charge is -2.20. The van der Waals surface area contributed by atoms with Crippen LogP contribution in [0.4, 0.5) is 13.2 Å². The highest BCUT2D eigenvalue weighted by molar-refractivity contribution is 5.92. The van der Waals surface area contributed by atoms with E-state index in [0.717, 1.165) is 30.5 Å². The second kappa shape index (κ2) is 7.72. The molecule has 1 fully saturated rings. The van der Waals surface area contributed by atoms with Crippen molar-refractivity contribution in [3.05, 3.63) is 53.2 Å². The van der Waals surface area contributed by atoms with Crippen LogP contribution in [0.3, 0.4) is 0 Å². The lowest BCUT2D eigenvalue weighted by atomic mass is 10.1. The Kier molecular flexibility index (Phi) is 5.55. The van der Waals surface area contributed by atoms with E-state index >= 15 is 0 Å². The number of hydrogen-bond acceptors (Lipinski definition) is 4. The van der Waals surface area contributed by atoms with Gasteiger partial charge in [0.05, 0.1) is 12.1 Å². The van der Waals surface area contributed by atoms with Gasteiger partial charge < -0.3 is 9.73 Å². The normalized spacial score (nSPS) is 14.8. The van der Waals surface area contributed by atoms with Crippen LogP contribution in [0.1, 0.15) is 54.2 Å². The molecule has 3 rings (SSSR count). The molecule has 5 nitrogen and oxygen atoms in total. The lowest BCUT2D eigenvalue weighted by Crippen LogP contribution is -2.30. The van der Waals surface area contributed by atoms with Gasteiger partial charge in [-0.15, -0.1) is 0 Å². The summed E-state index contributed by atoms with van der Waals surface area (Å²) in [6.45, 7) is 4.62. The van der Waals surface area contributed by atoms with Crippen molar-refractivity contribution in [1.29, 1.82) is 0 Å². The van der Waals surface area contributed by atoms with Crippen LogP contribution in [0.15, 0.2) is 34.9 Å². The highest BCUT2D eigenvalue weighted by Crippen LogP contribution is 2.32. The number of carbonyl (C=O) groups is 1. The monoisotopic (exact) mass is 381 g/mol. The number of carbonyl (C=O) groups excluding carboxylic acids is 1. The fraction of sp³-hybridized carbons (Fsp3) is 0.474. The molecule has 146 valence electrons. The van der Waals surface area contributed by atoms with E-state index in [9.17, 15) is 18.0 Å². The van der Waals surface area contributed by atoms with Crippen LogP contribution < -0.4 is 5.32 Å². The summed E-state index contributed by atoms with van der Waals surface area (Å²) in [6, 6.07) is 5.54. The quantitative estimate of drug-likeness (QED) is 0.788. The molecule has 1 amide bonds. The predicted molar refractivity (Wildman–Crippen MR) is 92.8 cm³/mol. The molecule has 0 atom stereocenters. The molecule has 1 heterocycles. The molecule has 0 bridgehead atoms. The molecule has 1 aliphatic rings. The topological polar surface area (TPSA) is 58.4 Å². The van der Waals surface area contributed by atoms with Gasteiger partial charge in [0.1, 0.15) is 6.26 Å². The Labute approximate surface area is 155 Å². The SMILES string of the molecule is CC(C)NC(=O)c1coc(CN(Cc2ccc(C(F)(F)F)cc2)C2CC2)n1. The van der Waals surface area contributed by atoms with Gasteiger partial charge in [-0.3, -0.25) is 9.69 Å². The van der Waals surface area contributed by atoms with Crippen molar-refractivity contribution in [2.75, 3.05) is 0 Å². The molecule has 1 aliphatic carbocycles. The Morgan fingerprint density at radius 2 is 1.93 bits per heavy atom.